The van der Waals surface area contributed by atoms with Gasteiger partial charge in [0.2, 0.25) is 5.88 Å². The van der Waals surface area contributed by atoms with Gasteiger partial charge in [-0.3, -0.25) is 0 Å². The summed E-state index contributed by atoms with van der Waals surface area (Å²) in [6.45, 7) is -0.557. The van der Waals surface area contributed by atoms with Gasteiger partial charge in [-0.1, -0.05) is 30.3 Å². The van der Waals surface area contributed by atoms with Crippen molar-refractivity contribution in [3.63, 3.8) is 0 Å². The molecule has 0 bridgehead atoms. The van der Waals surface area contributed by atoms with Crippen LogP contribution in [0.1, 0.15) is 22.5 Å². The van der Waals surface area contributed by atoms with Gasteiger partial charge >= 0.3 is 6.61 Å². The van der Waals surface area contributed by atoms with Crippen LogP contribution in [0.5, 0.6) is 11.6 Å². The number of ether oxygens (including phenoxy) is 2. The second kappa shape index (κ2) is 8.49. The normalized spacial score (nSPS) is 11.2. The lowest BCUT2D eigenvalue weighted by atomic mass is 10.1. The van der Waals surface area contributed by atoms with E-state index in [-0.39, 0.29) is 5.75 Å². The lowest BCUT2D eigenvalue weighted by Gasteiger charge is -2.13. The molecular weight excluding hydrogens is 388 g/mol. The van der Waals surface area contributed by atoms with E-state index in [1.807, 2.05) is 47.9 Å². The Morgan fingerprint density at radius 3 is 2.57 bits per heavy atom. The maximum absolute atomic E-state index is 12.7. The molecule has 0 atom stereocenters. The number of hydrogen-bond donors (Lipinski definition) is 0. The highest BCUT2D eigenvalue weighted by Gasteiger charge is 2.13. The highest BCUT2D eigenvalue weighted by molar-refractivity contribution is 5.77. The number of aryl methyl sites for hydroxylation is 1. The van der Waals surface area contributed by atoms with Crippen LogP contribution in [0.15, 0.2) is 60.8 Å². The third-order valence-corrected chi connectivity index (χ3v) is 4.94. The van der Waals surface area contributed by atoms with Crippen LogP contribution in [0.2, 0.25) is 0 Å². The fourth-order valence-corrected chi connectivity index (χ4v) is 3.49. The van der Waals surface area contributed by atoms with Crippen LogP contribution in [0.3, 0.4) is 0 Å². The van der Waals surface area contributed by atoms with Gasteiger partial charge in [0, 0.05) is 17.8 Å². The fourth-order valence-electron chi connectivity index (χ4n) is 3.49. The van der Waals surface area contributed by atoms with E-state index >= 15 is 0 Å². The zero-order chi connectivity index (χ0) is 21.1. The molecular formula is C23H21F2N3O2. The number of methoxy groups -OCH3 is 1. The van der Waals surface area contributed by atoms with Crippen molar-refractivity contribution in [2.24, 2.45) is 0 Å². The minimum atomic E-state index is -2.86. The molecule has 154 valence electrons. The number of benzene rings is 2. The van der Waals surface area contributed by atoms with Gasteiger partial charge in [0.1, 0.15) is 11.6 Å². The van der Waals surface area contributed by atoms with E-state index in [1.165, 1.54) is 0 Å². The highest BCUT2D eigenvalue weighted by atomic mass is 19.3. The number of hydrogen-bond acceptors (Lipinski definition) is 4. The van der Waals surface area contributed by atoms with Crippen molar-refractivity contribution in [2.75, 3.05) is 7.11 Å². The number of alkyl halides is 2. The summed E-state index contributed by atoms with van der Waals surface area (Å²) >= 11 is 0. The average molecular weight is 409 g/mol. The highest BCUT2D eigenvalue weighted by Crippen LogP contribution is 2.25. The molecule has 0 N–H and O–H groups in total. The molecule has 0 spiro atoms. The smallest absolute Gasteiger partial charge is 0.387 e. The van der Waals surface area contributed by atoms with Gasteiger partial charge in [-0.25, -0.2) is 9.97 Å². The predicted molar refractivity (Wildman–Crippen MR) is 110 cm³/mol. The molecule has 0 aliphatic carbocycles. The number of para-hydroxylation sites is 1. The molecule has 0 unspecified atom stereocenters. The fraction of sp³-hybridized carbons (Fsp3) is 0.217. The van der Waals surface area contributed by atoms with Gasteiger partial charge in [0.15, 0.2) is 0 Å². The largest absolute Gasteiger partial charge is 0.481 e. The van der Waals surface area contributed by atoms with Crippen LogP contribution < -0.4 is 9.47 Å². The molecule has 7 heteroatoms. The van der Waals surface area contributed by atoms with E-state index in [0.717, 1.165) is 34.4 Å². The Morgan fingerprint density at radius 1 is 1.03 bits per heavy atom. The monoisotopic (exact) mass is 409 g/mol. The summed E-state index contributed by atoms with van der Waals surface area (Å²) in [6.07, 6.45) is 2.52. The molecule has 2 aromatic heterocycles. The minimum Gasteiger partial charge on any atom is -0.481 e. The summed E-state index contributed by atoms with van der Waals surface area (Å²) in [7, 11) is 1.59. The van der Waals surface area contributed by atoms with E-state index in [0.29, 0.717) is 18.0 Å². The first-order valence-corrected chi connectivity index (χ1v) is 9.51. The van der Waals surface area contributed by atoms with Gasteiger partial charge in [0.25, 0.3) is 0 Å². The van der Waals surface area contributed by atoms with Gasteiger partial charge in [0.05, 0.1) is 24.7 Å². The van der Waals surface area contributed by atoms with Gasteiger partial charge in [-0.05, 0) is 42.7 Å². The van der Waals surface area contributed by atoms with Crippen molar-refractivity contribution in [3.8, 4) is 11.6 Å². The van der Waals surface area contributed by atoms with E-state index in [9.17, 15) is 8.78 Å². The minimum absolute atomic E-state index is 0.178. The zero-order valence-electron chi connectivity index (χ0n) is 16.7. The summed E-state index contributed by atoms with van der Waals surface area (Å²) in [6, 6.07) is 16.8. The van der Waals surface area contributed by atoms with Crippen LogP contribution in [0.25, 0.3) is 11.0 Å². The number of fused-ring (bicyclic) bond motifs is 1. The Morgan fingerprint density at radius 2 is 1.83 bits per heavy atom. The maximum atomic E-state index is 12.7. The summed E-state index contributed by atoms with van der Waals surface area (Å²) in [5, 5.41) is 0. The van der Waals surface area contributed by atoms with Crippen LogP contribution in [-0.2, 0) is 13.0 Å². The number of nitrogens with zero attached hydrogens (tertiary/aromatic N) is 3. The SMILES string of the molecule is COc1ccc(Cc2ccc3c(c2)nc(C)n3Cc2ccccc2OC(F)F)cn1. The lowest BCUT2D eigenvalue weighted by molar-refractivity contribution is -0.0504. The molecule has 4 rings (SSSR count). The van der Waals surface area contributed by atoms with Crippen molar-refractivity contribution in [2.45, 2.75) is 26.5 Å². The summed E-state index contributed by atoms with van der Waals surface area (Å²) < 4.78 is 37.2. The third kappa shape index (κ3) is 4.25. The summed E-state index contributed by atoms with van der Waals surface area (Å²) in [5.41, 5.74) is 4.66. The maximum Gasteiger partial charge on any atom is 0.387 e. The second-order valence-corrected chi connectivity index (χ2v) is 6.94. The van der Waals surface area contributed by atoms with Crippen molar-refractivity contribution in [3.05, 3.63) is 83.3 Å². The molecule has 0 aliphatic heterocycles. The molecule has 5 nitrogen and oxygen atoms in total. The standard InChI is InChI=1S/C23H21F2N3O2/c1-15-27-19-12-16(11-17-8-10-22(29-2)26-13-17)7-9-20(19)28(15)14-18-5-3-4-6-21(18)30-23(24)25/h3-10,12-13,23H,11,14H2,1-2H3. The number of pyridine rings is 1. The first-order chi connectivity index (χ1) is 14.5. The number of imidazole rings is 1. The van der Waals surface area contributed by atoms with Crippen LogP contribution >= 0.6 is 0 Å². The van der Waals surface area contributed by atoms with Gasteiger partial charge < -0.3 is 14.0 Å². The third-order valence-electron chi connectivity index (χ3n) is 4.94. The Bertz CT molecular complexity index is 1160. The van der Waals surface area contributed by atoms with Gasteiger partial charge in [-0.15, -0.1) is 0 Å². The summed E-state index contributed by atoms with van der Waals surface area (Å²) in [4.78, 5) is 8.91. The van der Waals surface area contributed by atoms with Crippen LogP contribution in [0, 0.1) is 6.92 Å². The molecule has 0 radical (unpaired) electrons. The quantitative estimate of drug-likeness (QED) is 0.432. The van der Waals surface area contributed by atoms with Crippen LogP contribution in [-0.4, -0.2) is 28.3 Å². The molecule has 30 heavy (non-hydrogen) atoms. The predicted octanol–water partition coefficient (Wildman–Crippen LogP) is 4.99. The first-order valence-electron chi connectivity index (χ1n) is 9.51. The molecule has 0 aliphatic rings. The molecule has 2 aromatic carbocycles. The average Bonchev–Trinajstić information content (AvgIpc) is 3.04. The second-order valence-electron chi connectivity index (χ2n) is 6.94. The summed E-state index contributed by atoms with van der Waals surface area (Å²) in [5.74, 6) is 1.57. The molecule has 0 saturated carbocycles. The number of rotatable bonds is 7. The topological polar surface area (TPSA) is 49.2 Å². The number of aromatic nitrogens is 3. The van der Waals surface area contributed by atoms with Crippen molar-refractivity contribution in [1.29, 1.82) is 0 Å². The Balaban J connectivity index is 1.61. The van der Waals surface area contributed by atoms with E-state index in [4.69, 9.17) is 4.74 Å². The van der Waals surface area contributed by atoms with Gasteiger partial charge in [-0.2, -0.15) is 8.78 Å². The Hall–Kier alpha value is -3.48. The molecule has 4 aromatic rings. The van der Waals surface area contributed by atoms with Crippen molar-refractivity contribution >= 4 is 11.0 Å². The lowest BCUT2D eigenvalue weighted by Crippen LogP contribution is -2.08. The van der Waals surface area contributed by atoms with Crippen molar-refractivity contribution in [1.82, 2.24) is 14.5 Å². The van der Waals surface area contributed by atoms with Crippen molar-refractivity contribution < 1.29 is 18.3 Å². The first kappa shape index (κ1) is 19.8. The Labute approximate surface area is 172 Å². The molecule has 2 heterocycles. The molecule has 0 fully saturated rings. The van der Waals surface area contributed by atoms with Crippen LogP contribution in [0.4, 0.5) is 8.78 Å². The number of halogens is 2. The van der Waals surface area contributed by atoms with E-state index < -0.39 is 6.61 Å². The molecule has 0 amide bonds. The molecule has 0 saturated heterocycles. The Kier molecular flexibility index (Phi) is 5.61. The zero-order valence-corrected chi connectivity index (χ0v) is 16.7. The van der Waals surface area contributed by atoms with E-state index in [2.05, 4.69) is 14.7 Å². The van der Waals surface area contributed by atoms with E-state index in [1.54, 1.807) is 31.5 Å².